The lowest BCUT2D eigenvalue weighted by Crippen LogP contribution is -2.49. The van der Waals surface area contributed by atoms with Crippen LogP contribution in [0.1, 0.15) is 42.5 Å². The molecule has 1 spiro atoms. The van der Waals surface area contributed by atoms with Crippen LogP contribution in [0.15, 0.2) is 24.5 Å². The summed E-state index contributed by atoms with van der Waals surface area (Å²) in [5.74, 6) is 0.127. The Bertz CT molecular complexity index is 775. The molecule has 1 aliphatic heterocycles. The minimum atomic E-state index is -0.250. The second kappa shape index (κ2) is 7.86. The van der Waals surface area contributed by atoms with Crippen LogP contribution in [0.25, 0.3) is 11.0 Å². The van der Waals surface area contributed by atoms with E-state index in [1.165, 1.54) is 19.3 Å². The van der Waals surface area contributed by atoms with Crippen LogP contribution in [0.5, 0.6) is 0 Å². The minimum absolute atomic E-state index is 0.127. The van der Waals surface area contributed by atoms with Gasteiger partial charge in [-0.2, -0.15) is 0 Å². The minimum Gasteiger partial charge on any atom is -0.483 e. The molecule has 1 saturated heterocycles. The van der Waals surface area contributed by atoms with Gasteiger partial charge in [0.2, 0.25) is 0 Å². The Morgan fingerprint density at radius 2 is 2.19 bits per heavy atom. The Labute approximate surface area is 152 Å². The first-order chi connectivity index (χ1) is 12.6. The monoisotopic (exact) mass is 359 g/mol. The van der Waals surface area contributed by atoms with E-state index in [1.54, 1.807) is 6.33 Å². The number of ether oxygens (including phenoxy) is 1. The number of carboxylic acid groups (broad SMARTS) is 1. The van der Waals surface area contributed by atoms with Crippen molar-refractivity contribution in [2.45, 2.75) is 38.2 Å². The molecule has 2 N–H and O–H groups in total. The van der Waals surface area contributed by atoms with E-state index in [2.05, 4.69) is 9.97 Å². The number of likely N-dealkylation sites (tertiary alicyclic amines) is 1. The molecule has 4 rings (SSSR count). The third kappa shape index (κ3) is 3.44. The van der Waals surface area contributed by atoms with Crippen molar-refractivity contribution in [3.8, 4) is 0 Å². The number of carbonyl (C=O) groups is 2. The molecule has 26 heavy (non-hydrogen) atoms. The van der Waals surface area contributed by atoms with E-state index in [1.807, 2.05) is 30.2 Å². The number of nitrogens with zero attached hydrogens (tertiary/aromatic N) is 2. The number of aromatic nitrogens is 2. The van der Waals surface area contributed by atoms with E-state index in [9.17, 15) is 4.79 Å². The molecule has 1 aromatic carbocycles. The molecule has 1 saturated carbocycles. The number of hydrogen-bond donors (Lipinski definition) is 2. The number of fused-ring (bicyclic) bond motifs is 1. The van der Waals surface area contributed by atoms with Gasteiger partial charge in [0, 0.05) is 31.2 Å². The average Bonchev–Trinajstić information content (AvgIpc) is 3.27. The van der Waals surface area contributed by atoms with Crippen LogP contribution >= 0.6 is 0 Å². The van der Waals surface area contributed by atoms with E-state index in [-0.39, 0.29) is 17.8 Å². The fourth-order valence-corrected chi connectivity index (χ4v) is 4.53. The molecule has 1 amide bonds. The largest absolute Gasteiger partial charge is 0.483 e. The van der Waals surface area contributed by atoms with Crippen LogP contribution in [0.4, 0.5) is 0 Å². The lowest BCUT2D eigenvalue weighted by molar-refractivity contribution is -0.122. The SMILES string of the molecule is CO[C@@H]1CCC[C@]12CCCN(C(=O)c1ccc3nc[nH]c3c1)C2.O=CO. The first-order valence-corrected chi connectivity index (χ1v) is 8.96. The van der Waals surface area contributed by atoms with Gasteiger partial charge in [0.25, 0.3) is 12.4 Å². The van der Waals surface area contributed by atoms with Gasteiger partial charge in [-0.3, -0.25) is 9.59 Å². The topological polar surface area (TPSA) is 95.5 Å². The molecular formula is C19H25N3O4. The van der Waals surface area contributed by atoms with Crippen molar-refractivity contribution in [1.29, 1.82) is 0 Å². The Morgan fingerprint density at radius 3 is 2.96 bits per heavy atom. The second-order valence-corrected chi connectivity index (χ2v) is 7.05. The zero-order valence-electron chi connectivity index (χ0n) is 15.0. The van der Waals surface area contributed by atoms with Gasteiger partial charge in [0.15, 0.2) is 0 Å². The van der Waals surface area contributed by atoms with Gasteiger partial charge in [-0.25, -0.2) is 4.98 Å². The average molecular weight is 359 g/mol. The quantitative estimate of drug-likeness (QED) is 0.804. The standard InChI is InChI=1S/C18H23N3O2.CH2O2/c1-23-16-4-2-7-18(16)8-3-9-21(11-18)17(22)13-5-6-14-15(10-13)20-12-19-14;2-1-3/h5-6,10,12,16H,2-4,7-9,11H2,1H3,(H,19,20);1H,(H,2,3)/t16-,18-;/m1./s1. The highest BCUT2D eigenvalue weighted by molar-refractivity contribution is 5.97. The Balaban J connectivity index is 0.000000613. The number of methoxy groups -OCH3 is 1. The summed E-state index contributed by atoms with van der Waals surface area (Å²) in [4.78, 5) is 30.6. The van der Waals surface area contributed by atoms with Gasteiger partial charge >= 0.3 is 0 Å². The van der Waals surface area contributed by atoms with Crippen molar-refractivity contribution in [2.75, 3.05) is 20.2 Å². The van der Waals surface area contributed by atoms with Gasteiger partial charge in [-0.05, 0) is 43.9 Å². The van der Waals surface area contributed by atoms with Gasteiger partial charge in [-0.1, -0.05) is 6.42 Å². The number of rotatable bonds is 2. The molecule has 1 aliphatic carbocycles. The fourth-order valence-electron chi connectivity index (χ4n) is 4.53. The zero-order chi connectivity index (χ0) is 18.6. The van der Waals surface area contributed by atoms with Crippen LogP contribution in [-0.4, -0.2) is 58.7 Å². The summed E-state index contributed by atoms with van der Waals surface area (Å²) in [6.07, 6.45) is 7.71. The zero-order valence-corrected chi connectivity index (χ0v) is 15.0. The van der Waals surface area contributed by atoms with E-state index >= 15 is 0 Å². The number of H-pyrrole nitrogens is 1. The molecular weight excluding hydrogens is 334 g/mol. The van der Waals surface area contributed by atoms with Crippen LogP contribution in [0.2, 0.25) is 0 Å². The number of hydrogen-bond acceptors (Lipinski definition) is 4. The number of benzene rings is 1. The van der Waals surface area contributed by atoms with Crippen LogP contribution in [0, 0.1) is 5.41 Å². The van der Waals surface area contributed by atoms with Crippen LogP contribution in [0.3, 0.4) is 0 Å². The smallest absolute Gasteiger partial charge is 0.290 e. The molecule has 0 bridgehead atoms. The molecule has 7 nitrogen and oxygen atoms in total. The third-order valence-electron chi connectivity index (χ3n) is 5.67. The second-order valence-electron chi connectivity index (χ2n) is 7.05. The van der Waals surface area contributed by atoms with Crippen molar-refractivity contribution in [2.24, 2.45) is 5.41 Å². The summed E-state index contributed by atoms with van der Waals surface area (Å²) in [5.41, 5.74) is 2.72. The number of carbonyl (C=O) groups excluding carboxylic acids is 1. The van der Waals surface area contributed by atoms with E-state index in [0.717, 1.165) is 42.5 Å². The van der Waals surface area contributed by atoms with Crippen molar-refractivity contribution in [3.05, 3.63) is 30.1 Å². The molecule has 2 fully saturated rings. The van der Waals surface area contributed by atoms with E-state index < -0.39 is 0 Å². The summed E-state index contributed by atoms with van der Waals surface area (Å²) in [6.45, 7) is 1.42. The van der Waals surface area contributed by atoms with Crippen molar-refractivity contribution in [1.82, 2.24) is 14.9 Å². The molecule has 2 heterocycles. The van der Waals surface area contributed by atoms with Crippen LogP contribution < -0.4 is 0 Å². The highest BCUT2D eigenvalue weighted by Gasteiger charge is 2.46. The number of piperidine rings is 1. The first-order valence-electron chi connectivity index (χ1n) is 8.96. The summed E-state index contributed by atoms with van der Waals surface area (Å²) in [5, 5.41) is 6.89. The third-order valence-corrected chi connectivity index (χ3v) is 5.67. The number of imidazole rings is 1. The molecule has 0 radical (unpaired) electrons. The van der Waals surface area contributed by atoms with E-state index in [0.29, 0.717) is 6.10 Å². The first kappa shape index (κ1) is 18.4. The summed E-state index contributed by atoms with van der Waals surface area (Å²) < 4.78 is 5.73. The molecule has 0 unspecified atom stereocenters. The predicted molar refractivity (Wildman–Crippen MR) is 97.0 cm³/mol. The molecule has 2 atom stereocenters. The maximum absolute atomic E-state index is 13.0. The van der Waals surface area contributed by atoms with E-state index in [4.69, 9.17) is 14.6 Å². The Morgan fingerprint density at radius 1 is 1.42 bits per heavy atom. The lowest BCUT2D eigenvalue weighted by atomic mass is 9.76. The normalized spacial score (nSPS) is 25.1. The molecule has 140 valence electrons. The Kier molecular flexibility index (Phi) is 5.56. The van der Waals surface area contributed by atoms with Crippen molar-refractivity contribution in [3.63, 3.8) is 0 Å². The highest BCUT2D eigenvalue weighted by atomic mass is 16.5. The number of aromatic amines is 1. The van der Waals surface area contributed by atoms with Gasteiger partial charge < -0.3 is 19.7 Å². The van der Waals surface area contributed by atoms with Crippen molar-refractivity contribution < 1.29 is 19.4 Å². The van der Waals surface area contributed by atoms with Gasteiger partial charge in [0.05, 0.1) is 23.5 Å². The molecule has 2 aromatic rings. The summed E-state index contributed by atoms with van der Waals surface area (Å²) in [7, 11) is 1.81. The molecule has 7 heteroatoms. The maximum Gasteiger partial charge on any atom is 0.290 e. The number of nitrogens with one attached hydrogen (secondary N) is 1. The highest BCUT2D eigenvalue weighted by Crippen LogP contribution is 2.46. The predicted octanol–water partition coefficient (Wildman–Crippen LogP) is 2.69. The van der Waals surface area contributed by atoms with Crippen molar-refractivity contribution >= 4 is 23.4 Å². The molecule has 2 aliphatic rings. The Hall–Kier alpha value is -2.41. The summed E-state index contributed by atoms with van der Waals surface area (Å²) in [6, 6.07) is 5.70. The maximum atomic E-state index is 13.0. The summed E-state index contributed by atoms with van der Waals surface area (Å²) >= 11 is 0. The lowest BCUT2D eigenvalue weighted by Gasteiger charge is -2.43. The fraction of sp³-hybridized carbons (Fsp3) is 0.526. The van der Waals surface area contributed by atoms with Crippen LogP contribution in [-0.2, 0) is 9.53 Å². The van der Waals surface area contributed by atoms with Gasteiger partial charge in [-0.15, -0.1) is 0 Å². The molecule has 1 aromatic heterocycles. The van der Waals surface area contributed by atoms with Gasteiger partial charge in [0.1, 0.15) is 0 Å². The number of amides is 1.